The van der Waals surface area contributed by atoms with Gasteiger partial charge in [0.2, 0.25) is 5.91 Å². The number of hydrogen-bond donors (Lipinski definition) is 2. The molecule has 0 saturated heterocycles. The van der Waals surface area contributed by atoms with Gasteiger partial charge in [-0.05, 0) is 36.4 Å². The molecule has 1 aromatic rings. The van der Waals surface area contributed by atoms with Gasteiger partial charge in [-0.1, -0.05) is 12.1 Å². The van der Waals surface area contributed by atoms with Crippen molar-refractivity contribution in [2.45, 2.75) is 18.3 Å². The molecule has 0 fully saturated rings. The normalized spacial score (nSPS) is 13.1. The third-order valence-electron chi connectivity index (χ3n) is 2.47. The van der Waals surface area contributed by atoms with Crippen LogP contribution in [0, 0.1) is 0 Å². The van der Waals surface area contributed by atoms with Crippen molar-refractivity contribution < 1.29 is 18.0 Å². The summed E-state index contributed by atoms with van der Waals surface area (Å²) >= 11 is -0.149. The third kappa shape index (κ3) is 5.87. The molecule has 3 nitrogen and oxygen atoms in total. The van der Waals surface area contributed by atoms with E-state index >= 15 is 0 Å². The predicted octanol–water partition coefficient (Wildman–Crippen LogP) is 2.74. The SMILES string of the molecule is CC(C(=O)NCCSC(F)(F)F)c1cccc(N)c1. The lowest BCUT2D eigenvalue weighted by Crippen LogP contribution is -2.30. The smallest absolute Gasteiger partial charge is 0.399 e. The Morgan fingerprint density at radius 3 is 2.74 bits per heavy atom. The number of carbonyl (C=O) groups excluding carboxylic acids is 1. The number of alkyl halides is 3. The molecule has 0 radical (unpaired) electrons. The van der Waals surface area contributed by atoms with E-state index in [0.717, 1.165) is 5.56 Å². The van der Waals surface area contributed by atoms with Crippen molar-refractivity contribution >= 4 is 23.4 Å². The molecule has 1 amide bonds. The van der Waals surface area contributed by atoms with E-state index in [1.54, 1.807) is 31.2 Å². The Bertz CT molecular complexity index is 437. The van der Waals surface area contributed by atoms with Crippen LogP contribution in [0.4, 0.5) is 18.9 Å². The molecule has 0 bridgehead atoms. The molecule has 0 aliphatic carbocycles. The number of thioether (sulfide) groups is 1. The average molecular weight is 292 g/mol. The lowest BCUT2D eigenvalue weighted by Gasteiger charge is -2.13. The second-order valence-electron chi connectivity index (χ2n) is 3.98. The standard InChI is InChI=1S/C12H15F3N2OS/c1-8(9-3-2-4-10(16)7-9)11(18)17-5-6-19-12(13,14)15/h2-4,7-8H,5-6,16H2,1H3,(H,17,18). The number of benzene rings is 1. The number of nitrogens with two attached hydrogens (primary N) is 1. The molecule has 7 heteroatoms. The molecule has 1 unspecified atom stereocenters. The Morgan fingerprint density at radius 2 is 2.16 bits per heavy atom. The van der Waals surface area contributed by atoms with Crippen molar-refractivity contribution in [1.82, 2.24) is 5.32 Å². The van der Waals surface area contributed by atoms with E-state index in [-0.39, 0.29) is 30.0 Å². The van der Waals surface area contributed by atoms with Gasteiger partial charge in [-0.25, -0.2) is 0 Å². The van der Waals surface area contributed by atoms with Gasteiger partial charge in [0.1, 0.15) is 0 Å². The molecule has 1 rings (SSSR count). The molecule has 19 heavy (non-hydrogen) atoms. The minimum absolute atomic E-state index is 0.0182. The zero-order chi connectivity index (χ0) is 14.5. The Hall–Kier alpha value is -1.37. The van der Waals surface area contributed by atoms with Gasteiger partial charge in [0.05, 0.1) is 5.92 Å². The fourth-order valence-corrected chi connectivity index (χ4v) is 1.91. The van der Waals surface area contributed by atoms with Gasteiger partial charge in [0.25, 0.3) is 0 Å². The highest BCUT2D eigenvalue weighted by Gasteiger charge is 2.27. The molecule has 0 aromatic heterocycles. The lowest BCUT2D eigenvalue weighted by atomic mass is 10.00. The van der Waals surface area contributed by atoms with Crippen molar-refractivity contribution in [3.8, 4) is 0 Å². The lowest BCUT2D eigenvalue weighted by molar-refractivity contribution is -0.122. The molecule has 106 valence electrons. The van der Waals surface area contributed by atoms with E-state index in [4.69, 9.17) is 5.73 Å². The zero-order valence-electron chi connectivity index (χ0n) is 10.3. The van der Waals surface area contributed by atoms with Crippen LogP contribution in [-0.2, 0) is 4.79 Å². The summed E-state index contributed by atoms with van der Waals surface area (Å²) in [6.07, 6.45) is 0. The maximum Gasteiger partial charge on any atom is 0.441 e. The molecular formula is C12H15F3N2OS. The fraction of sp³-hybridized carbons (Fsp3) is 0.417. The zero-order valence-corrected chi connectivity index (χ0v) is 11.1. The number of amides is 1. The topological polar surface area (TPSA) is 55.1 Å². The molecule has 0 spiro atoms. The predicted molar refractivity (Wildman–Crippen MR) is 70.8 cm³/mol. The van der Waals surface area contributed by atoms with Gasteiger partial charge >= 0.3 is 5.51 Å². The van der Waals surface area contributed by atoms with E-state index in [0.29, 0.717) is 5.69 Å². The van der Waals surface area contributed by atoms with Crippen LogP contribution in [-0.4, -0.2) is 23.7 Å². The molecule has 0 aliphatic heterocycles. The summed E-state index contributed by atoms with van der Waals surface area (Å²) in [5.41, 5.74) is 2.63. The molecular weight excluding hydrogens is 277 g/mol. The number of carbonyl (C=O) groups is 1. The largest absolute Gasteiger partial charge is 0.441 e. The number of nitrogens with one attached hydrogen (secondary N) is 1. The van der Waals surface area contributed by atoms with Crippen LogP contribution in [0.15, 0.2) is 24.3 Å². The number of rotatable bonds is 5. The monoisotopic (exact) mass is 292 g/mol. The van der Waals surface area contributed by atoms with Crippen molar-refractivity contribution in [3.05, 3.63) is 29.8 Å². The first-order valence-corrected chi connectivity index (χ1v) is 6.62. The van der Waals surface area contributed by atoms with Crippen molar-refractivity contribution in [2.24, 2.45) is 0 Å². The molecule has 1 aromatic carbocycles. The van der Waals surface area contributed by atoms with Gasteiger partial charge in [0, 0.05) is 18.0 Å². The highest BCUT2D eigenvalue weighted by molar-refractivity contribution is 8.00. The quantitative estimate of drug-likeness (QED) is 0.648. The summed E-state index contributed by atoms with van der Waals surface area (Å²) in [5.74, 6) is -0.952. The highest BCUT2D eigenvalue weighted by atomic mass is 32.2. The first-order valence-electron chi connectivity index (χ1n) is 5.63. The summed E-state index contributed by atoms with van der Waals surface area (Å²) in [6, 6.07) is 6.86. The molecule has 3 N–H and O–H groups in total. The van der Waals surface area contributed by atoms with E-state index in [1.807, 2.05) is 0 Å². The Labute approximate surface area is 113 Å². The minimum Gasteiger partial charge on any atom is -0.399 e. The molecule has 0 saturated carbocycles. The minimum atomic E-state index is -4.26. The summed E-state index contributed by atoms with van der Waals surface area (Å²) < 4.78 is 35.7. The van der Waals surface area contributed by atoms with Crippen LogP contribution < -0.4 is 11.1 Å². The van der Waals surface area contributed by atoms with E-state index in [1.165, 1.54) is 0 Å². The average Bonchev–Trinajstić information content (AvgIpc) is 2.32. The Balaban J connectivity index is 2.41. The number of halogens is 3. The number of nitrogen functional groups attached to an aromatic ring is 1. The van der Waals surface area contributed by atoms with Gasteiger partial charge in [-0.2, -0.15) is 13.2 Å². The maximum atomic E-state index is 11.9. The summed E-state index contributed by atoms with van der Waals surface area (Å²) in [6.45, 7) is 1.66. The second kappa shape index (κ2) is 6.70. The van der Waals surface area contributed by atoms with Gasteiger partial charge in [-0.3, -0.25) is 4.79 Å². The van der Waals surface area contributed by atoms with Crippen LogP contribution in [0.25, 0.3) is 0 Å². The van der Waals surface area contributed by atoms with E-state index in [2.05, 4.69) is 5.32 Å². The van der Waals surface area contributed by atoms with E-state index < -0.39 is 11.4 Å². The van der Waals surface area contributed by atoms with Crippen molar-refractivity contribution in [1.29, 1.82) is 0 Å². The van der Waals surface area contributed by atoms with Crippen LogP contribution >= 0.6 is 11.8 Å². The summed E-state index contributed by atoms with van der Waals surface area (Å²) in [7, 11) is 0. The molecule has 1 atom stereocenters. The van der Waals surface area contributed by atoms with Crippen molar-refractivity contribution in [3.63, 3.8) is 0 Å². The summed E-state index contributed by atoms with van der Waals surface area (Å²) in [4.78, 5) is 11.7. The Morgan fingerprint density at radius 1 is 1.47 bits per heavy atom. The third-order valence-corrected chi connectivity index (χ3v) is 3.21. The van der Waals surface area contributed by atoms with Gasteiger partial charge in [-0.15, -0.1) is 0 Å². The van der Waals surface area contributed by atoms with Crippen LogP contribution in [0.1, 0.15) is 18.4 Å². The highest BCUT2D eigenvalue weighted by Crippen LogP contribution is 2.29. The fourth-order valence-electron chi connectivity index (χ4n) is 1.47. The van der Waals surface area contributed by atoms with Gasteiger partial charge in [0.15, 0.2) is 0 Å². The van der Waals surface area contributed by atoms with E-state index in [9.17, 15) is 18.0 Å². The van der Waals surface area contributed by atoms with Crippen LogP contribution in [0.2, 0.25) is 0 Å². The summed E-state index contributed by atoms with van der Waals surface area (Å²) in [5, 5.41) is 2.47. The molecule has 0 heterocycles. The van der Waals surface area contributed by atoms with Crippen LogP contribution in [0.3, 0.4) is 0 Å². The second-order valence-corrected chi connectivity index (χ2v) is 5.14. The first-order chi connectivity index (χ1) is 8.79. The first kappa shape index (κ1) is 15.7. The van der Waals surface area contributed by atoms with Crippen molar-refractivity contribution in [2.75, 3.05) is 18.0 Å². The molecule has 0 aliphatic rings. The van der Waals surface area contributed by atoms with Crippen LogP contribution in [0.5, 0.6) is 0 Å². The Kier molecular flexibility index (Phi) is 5.53. The number of anilines is 1. The van der Waals surface area contributed by atoms with Gasteiger partial charge < -0.3 is 11.1 Å². The maximum absolute atomic E-state index is 11.9. The number of hydrogen-bond acceptors (Lipinski definition) is 3.